The molecule has 0 saturated carbocycles. The van der Waals surface area contributed by atoms with Crippen molar-refractivity contribution in [3.63, 3.8) is 0 Å². The molecule has 10 heteroatoms. The van der Waals surface area contributed by atoms with E-state index < -0.39 is 0 Å². The zero-order chi connectivity index (χ0) is 25.8. The van der Waals surface area contributed by atoms with Gasteiger partial charge in [-0.25, -0.2) is 0 Å². The van der Waals surface area contributed by atoms with E-state index in [9.17, 15) is 9.59 Å². The normalized spacial score (nSPS) is 14.6. The number of rotatable bonds is 8. The minimum Gasteiger partial charge on any atom is -0.492 e. The van der Waals surface area contributed by atoms with Gasteiger partial charge in [0.2, 0.25) is 0 Å². The number of benzene rings is 3. The fourth-order valence-electron chi connectivity index (χ4n) is 3.32. The number of carbonyl (C=O) groups excluding carboxylic acids is 2. The number of nitrogens with zero attached hydrogens (tertiary/aromatic N) is 1. The third kappa shape index (κ3) is 6.66. The number of halogens is 4. The Balaban J connectivity index is 1.40. The predicted octanol–water partition coefficient (Wildman–Crippen LogP) is 8.52. The number of hydrogen-bond donors (Lipinski definition) is 0. The topological polar surface area (TPSA) is 55.8 Å². The van der Waals surface area contributed by atoms with Gasteiger partial charge in [-0.1, -0.05) is 47.0 Å². The van der Waals surface area contributed by atoms with Gasteiger partial charge in [-0.15, -0.1) is 0 Å². The second-order valence-electron chi connectivity index (χ2n) is 7.85. The lowest BCUT2D eigenvalue weighted by atomic mass is 10.2. The van der Waals surface area contributed by atoms with Crippen LogP contribution in [0, 0.1) is 6.92 Å². The maximum absolute atomic E-state index is 12.8. The second kappa shape index (κ2) is 12.0. The van der Waals surface area contributed by atoms with E-state index in [-0.39, 0.29) is 30.9 Å². The molecule has 0 aliphatic carbocycles. The van der Waals surface area contributed by atoms with Crippen molar-refractivity contribution in [3.8, 4) is 11.5 Å². The van der Waals surface area contributed by atoms with Crippen LogP contribution < -0.4 is 9.47 Å². The Morgan fingerprint density at radius 3 is 2.31 bits per heavy atom. The van der Waals surface area contributed by atoms with Crippen LogP contribution in [0.3, 0.4) is 0 Å². The average molecular weight is 672 g/mol. The van der Waals surface area contributed by atoms with Crippen LogP contribution in [-0.4, -0.2) is 29.2 Å². The first kappa shape index (κ1) is 27.1. The molecule has 0 unspecified atom stereocenters. The minimum atomic E-state index is -0.343. The van der Waals surface area contributed by atoms with E-state index in [4.69, 9.17) is 32.7 Å². The summed E-state index contributed by atoms with van der Waals surface area (Å²) in [4.78, 5) is 26.8. The van der Waals surface area contributed by atoms with Crippen molar-refractivity contribution in [2.75, 3.05) is 13.2 Å². The summed E-state index contributed by atoms with van der Waals surface area (Å²) in [7, 11) is 0. The van der Waals surface area contributed by atoms with Gasteiger partial charge in [0.1, 0.15) is 24.7 Å². The van der Waals surface area contributed by atoms with Gasteiger partial charge in [0.15, 0.2) is 0 Å². The van der Waals surface area contributed by atoms with Crippen LogP contribution in [0.4, 0.5) is 4.79 Å². The maximum atomic E-state index is 12.8. The SMILES string of the molecule is Cc1ccc(OCCN2C(=O)S/C(=C\c3cc(Br)c(OCc4ccc(Cl)c(Cl)c4)c(Br)c3)C2=O)cc1. The third-order valence-electron chi connectivity index (χ3n) is 5.16. The standard InChI is InChI=1S/C26H19Br2Cl2NO4S/c1-15-2-5-18(6-3-15)34-9-8-31-25(32)23(36-26(31)33)13-17-10-19(27)24(20(28)11-17)35-14-16-4-7-21(29)22(30)12-16/h2-7,10-13H,8-9,14H2,1H3/b23-13-. The maximum Gasteiger partial charge on any atom is 0.293 e. The van der Waals surface area contributed by atoms with Crippen molar-refractivity contribution in [2.45, 2.75) is 13.5 Å². The highest BCUT2D eigenvalue weighted by atomic mass is 79.9. The highest BCUT2D eigenvalue weighted by molar-refractivity contribution is 9.11. The van der Waals surface area contributed by atoms with E-state index in [1.165, 1.54) is 4.90 Å². The van der Waals surface area contributed by atoms with Crippen LogP contribution in [0.2, 0.25) is 10.0 Å². The number of imide groups is 1. The Kier molecular flexibility index (Phi) is 9.06. The first-order valence-corrected chi connectivity index (χ1v) is 13.9. The lowest BCUT2D eigenvalue weighted by Crippen LogP contribution is -2.32. The van der Waals surface area contributed by atoms with Crippen molar-refractivity contribution in [2.24, 2.45) is 0 Å². The van der Waals surface area contributed by atoms with Crippen LogP contribution in [0.5, 0.6) is 11.5 Å². The molecule has 2 amide bonds. The lowest BCUT2D eigenvalue weighted by molar-refractivity contribution is -0.123. The van der Waals surface area contributed by atoms with Gasteiger partial charge < -0.3 is 9.47 Å². The van der Waals surface area contributed by atoms with E-state index in [2.05, 4.69) is 31.9 Å². The molecule has 3 aromatic carbocycles. The number of hydrogen-bond acceptors (Lipinski definition) is 5. The van der Waals surface area contributed by atoms with E-state index in [0.29, 0.717) is 35.4 Å². The largest absolute Gasteiger partial charge is 0.492 e. The Morgan fingerprint density at radius 2 is 1.64 bits per heavy atom. The molecule has 0 atom stereocenters. The molecule has 0 radical (unpaired) electrons. The number of amides is 2. The Bertz CT molecular complexity index is 1330. The lowest BCUT2D eigenvalue weighted by Gasteiger charge is -2.13. The Morgan fingerprint density at radius 1 is 0.944 bits per heavy atom. The van der Waals surface area contributed by atoms with Crippen LogP contribution in [0.15, 0.2) is 68.4 Å². The molecule has 1 heterocycles. The summed E-state index contributed by atoms with van der Waals surface area (Å²) < 4.78 is 13.0. The zero-order valence-corrected chi connectivity index (χ0v) is 24.4. The summed E-state index contributed by atoms with van der Waals surface area (Å²) >= 11 is 20.0. The average Bonchev–Trinajstić information content (AvgIpc) is 3.09. The minimum absolute atomic E-state index is 0.171. The van der Waals surface area contributed by atoms with Gasteiger partial charge >= 0.3 is 0 Å². The number of carbonyl (C=O) groups is 2. The number of thioether (sulfide) groups is 1. The molecular formula is C26H19Br2Cl2NO4S. The highest BCUT2D eigenvalue weighted by Gasteiger charge is 2.34. The summed E-state index contributed by atoms with van der Waals surface area (Å²) in [5.41, 5.74) is 2.73. The van der Waals surface area contributed by atoms with Gasteiger partial charge in [0.05, 0.1) is 30.4 Å². The van der Waals surface area contributed by atoms with Gasteiger partial charge in [-0.2, -0.15) is 0 Å². The Hall–Kier alpha value is -1.97. The number of aryl methyl sites for hydroxylation is 1. The molecule has 1 saturated heterocycles. The molecule has 0 spiro atoms. The molecule has 1 aliphatic heterocycles. The molecule has 0 bridgehead atoms. The van der Waals surface area contributed by atoms with Gasteiger partial charge in [-0.3, -0.25) is 14.5 Å². The smallest absolute Gasteiger partial charge is 0.293 e. The fraction of sp³-hybridized carbons (Fsp3) is 0.154. The molecule has 36 heavy (non-hydrogen) atoms. The third-order valence-corrected chi connectivity index (χ3v) is 7.99. The molecule has 3 aromatic rings. The van der Waals surface area contributed by atoms with Crippen molar-refractivity contribution in [1.29, 1.82) is 0 Å². The quantitative estimate of drug-likeness (QED) is 0.225. The second-order valence-corrected chi connectivity index (χ2v) is 11.4. The van der Waals surface area contributed by atoms with Crippen molar-refractivity contribution >= 4 is 84.0 Å². The first-order chi connectivity index (χ1) is 17.2. The summed E-state index contributed by atoms with van der Waals surface area (Å²) in [6.45, 7) is 2.67. The summed E-state index contributed by atoms with van der Waals surface area (Å²) in [5.74, 6) is 0.948. The molecular weight excluding hydrogens is 653 g/mol. The van der Waals surface area contributed by atoms with Crippen molar-refractivity contribution < 1.29 is 19.1 Å². The van der Waals surface area contributed by atoms with E-state index >= 15 is 0 Å². The van der Waals surface area contributed by atoms with E-state index in [0.717, 1.165) is 28.5 Å². The van der Waals surface area contributed by atoms with E-state index in [1.807, 2.05) is 49.4 Å². The van der Waals surface area contributed by atoms with Crippen LogP contribution in [0.1, 0.15) is 16.7 Å². The summed E-state index contributed by atoms with van der Waals surface area (Å²) in [5, 5.41) is 0.621. The molecule has 186 valence electrons. The molecule has 4 rings (SSSR count). The van der Waals surface area contributed by atoms with Crippen LogP contribution in [-0.2, 0) is 11.4 Å². The van der Waals surface area contributed by atoms with Crippen LogP contribution in [0.25, 0.3) is 6.08 Å². The molecule has 0 aromatic heterocycles. The first-order valence-electron chi connectivity index (χ1n) is 10.7. The fourth-order valence-corrected chi connectivity index (χ4v) is 5.96. The molecule has 1 aliphatic rings. The van der Waals surface area contributed by atoms with Gasteiger partial charge in [-0.05, 0) is 104 Å². The summed E-state index contributed by atoms with van der Waals surface area (Å²) in [6.07, 6.45) is 1.68. The van der Waals surface area contributed by atoms with Gasteiger partial charge in [0, 0.05) is 0 Å². The highest BCUT2D eigenvalue weighted by Crippen LogP contribution is 2.38. The van der Waals surface area contributed by atoms with E-state index in [1.54, 1.807) is 18.2 Å². The molecule has 0 N–H and O–H groups in total. The van der Waals surface area contributed by atoms with Gasteiger partial charge in [0.25, 0.3) is 11.1 Å². The number of ether oxygens (including phenoxy) is 2. The summed E-state index contributed by atoms with van der Waals surface area (Å²) in [6, 6.07) is 16.6. The predicted molar refractivity (Wildman–Crippen MR) is 152 cm³/mol. The molecule has 1 fully saturated rings. The monoisotopic (exact) mass is 669 g/mol. The van der Waals surface area contributed by atoms with Crippen molar-refractivity contribution in [3.05, 3.63) is 95.2 Å². The zero-order valence-electron chi connectivity index (χ0n) is 18.9. The van der Waals surface area contributed by atoms with Crippen molar-refractivity contribution in [1.82, 2.24) is 4.90 Å². The van der Waals surface area contributed by atoms with Crippen LogP contribution >= 0.6 is 66.8 Å². The molecule has 5 nitrogen and oxygen atoms in total. The Labute approximate surface area is 240 Å².